The number of carbonyl (C=O) groups is 1. The van der Waals surface area contributed by atoms with E-state index in [2.05, 4.69) is 15.3 Å². The molecule has 5 nitrogen and oxygen atoms in total. The second kappa shape index (κ2) is 5.79. The molecule has 0 aliphatic rings. The number of anilines is 1. The number of amides is 1. The van der Waals surface area contributed by atoms with E-state index < -0.39 is 0 Å². The molecule has 0 bridgehead atoms. The van der Waals surface area contributed by atoms with Gasteiger partial charge in [0.1, 0.15) is 0 Å². The number of hydrogen-bond donors (Lipinski definition) is 2. The van der Waals surface area contributed by atoms with Crippen LogP contribution in [0.5, 0.6) is 0 Å². The maximum Gasteiger partial charge on any atom is 0.226 e. The van der Waals surface area contributed by atoms with Gasteiger partial charge in [0.2, 0.25) is 5.91 Å². The zero-order valence-corrected chi connectivity index (χ0v) is 11.8. The van der Waals surface area contributed by atoms with E-state index in [0.717, 1.165) is 15.6 Å². The Hall–Kier alpha value is -1.95. The second-order valence-corrected chi connectivity index (χ2v) is 5.57. The fraction of sp³-hybridized carbons (Fsp3) is 0.308. The Kier molecular flexibility index (Phi) is 4.11. The average molecular weight is 276 g/mol. The average Bonchev–Trinajstić information content (AvgIpc) is 2.68. The van der Waals surface area contributed by atoms with Gasteiger partial charge in [-0.3, -0.25) is 9.78 Å². The largest absolute Gasteiger partial charge is 0.397 e. The van der Waals surface area contributed by atoms with Crippen molar-refractivity contribution in [2.24, 2.45) is 0 Å². The second-order valence-electron chi connectivity index (χ2n) is 4.28. The van der Waals surface area contributed by atoms with Gasteiger partial charge in [-0.05, 0) is 26.0 Å². The first-order valence-electron chi connectivity index (χ1n) is 5.94. The molecular formula is C13H16N4OS. The number of nitrogen functional groups attached to an aromatic ring is 1. The van der Waals surface area contributed by atoms with Gasteiger partial charge in [0.25, 0.3) is 0 Å². The van der Waals surface area contributed by atoms with Crippen molar-refractivity contribution in [2.45, 2.75) is 26.8 Å². The van der Waals surface area contributed by atoms with Crippen LogP contribution in [-0.4, -0.2) is 15.9 Å². The van der Waals surface area contributed by atoms with Crippen LogP contribution in [0.1, 0.15) is 21.3 Å². The molecule has 2 aromatic heterocycles. The van der Waals surface area contributed by atoms with E-state index in [9.17, 15) is 4.79 Å². The van der Waals surface area contributed by atoms with E-state index in [1.165, 1.54) is 0 Å². The number of aromatic nitrogens is 2. The molecule has 0 saturated carbocycles. The summed E-state index contributed by atoms with van der Waals surface area (Å²) < 4.78 is 0. The van der Waals surface area contributed by atoms with Crippen LogP contribution in [0.15, 0.2) is 18.3 Å². The van der Waals surface area contributed by atoms with Crippen molar-refractivity contribution in [1.82, 2.24) is 15.3 Å². The number of aryl methyl sites for hydroxylation is 2. The van der Waals surface area contributed by atoms with Gasteiger partial charge in [-0.15, -0.1) is 11.3 Å². The quantitative estimate of drug-likeness (QED) is 0.888. The monoisotopic (exact) mass is 276 g/mol. The first kappa shape index (κ1) is 13.5. The molecule has 19 heavy (non-hydrogen) atoms. The van der Waals surface area contributed by atoms with E-state index in [4.69, 9.17) is 5.73 Å². The van der Waals surface area contributed by atoms with Gasteiger partial charge in [0.05, 0.1) is 35.6 Å². The lowest BCUT2D eigenvalue weighted by Gasteiger charge is -2.04. The summed E-state index contributed by atoms with van der Waals surface area (Å²) in [6.07, 6.45) is 1.82. The molecule has 0 aliphatic carbocycles. The molecule has 1 amide bonds. The first-order chi connectivity index (χ1) is 9.04. The molecule has 100 valence electrons. The van der Waals surface area contributed by atoms with Crippen molar-refractivity contribution in [2.75, 3.05) is 5.73 Å². The highest BCUT2D eigenvalue weighted by Crippen LogP contribution is 2.16. The Bertz CT molecular complexity index is 577. The standard InChI is InChI=1S/C13H16N4OS/c1-8-12(19-9(2)17-8)7-16-13(18)5-11-4-3-10(14)6-15-11/h3-4,6H,5,7,14H2,1-2H3,(H,16,18). The van der Waals surface area contributed by atoms with Crippen LogP contribution in [-0.2, 0) is 17.8 Å². The summed E-state index contributed by atoms with van der Waals surface area (Å²) >= 11 is 1.61. The molecular weight excluding hydrogens is 260 g/mol. The topological polar surface area (TPSA) is 80.9 Å². The summed E-state index contributed by atoms with van der Waals surface area (Å²) in [6.45, 7) is 4.43. The van der Waals surface area contributed by atoms with Crippen LogP contribution in [0.25, 0.3) is 0 Å². The number of nitrogens with zero attached hydrogens (tertiary/aromatic N) is 2. The molecule has 0 atom stereocenters. The Morgan fingerprint density at radius 2 is 2.21 bits per heavy atom. The zero-order valence-electron chi connectivity index (χ0n) is 10.9. The predicted octanol–water partition coefficient (Wildman–Crippen LogP) is 1.60. The SMILES string of the molecule is Cc1nc(C)c(CNC(=O)Cc2ccc(N)cn2)s1. The van der Waals surface area contributed by atoms with Crippen LogP contribution < -0.4 is 11.1 Å². The van der Waals surface area contributed by atoms with Gasteiger partial charge in [0.15, 0.2) is 0 Å². The van der Waals surface area contributed by atoms with E-state index in [0.29, 0.717) is 17.9 Å². The maximum absolute atomic E-state index is 11.8. The fourth-order valence-corrected chi connectivity index (χ4v) is 2.56. The normalized spacial score (nSPS) is 10.4. The van der Waals surface area contributed by atoms with Gasteiger partial charge in [-0.2, -0.15) is 0 Å². The van der Waals surface area contributed by atoms with Crippen molar-refractivity contribution < 1.29 is 4.79 Å². The molecule has 0 fully saturated rings. The van der Waals surface area contributed by atoms with Crippen molar-refractivity contribution in [3.05, 3.63) is 39.6 Å². The molecule has 0 unspecified atom stereocenters. The molecule has 6 heteroatoms. The lowest BCUT2D eigenvalue weighted by atomic mass is 10.2. The van der Waals surface area contributed by atoms with E-state index in [1.807, 2.05) is 13.8 Å². The lowest BCUT2D eigenvalue weighted by Crippen LogP contribution is -2.24. The summed E-state index contributed by atoms with van der Waals surface area (Å²) in [6, 6.07) is 3.50. The lowest BCUT2D eigenvalue weighted by molar-refractivity contribution is -0.120. The van der Waals surface area contributed by atoms with Crippen molar-refractivity contribution >= 4 is 22.9 Å². The van der Waals surface area contributed by atoms with Gasteiger partial charge in [-0.25, -0.2) is 4.98 Å². The minimum Gasteiger partial charge on any atom is -0.397 e. The van der Waals surface area contributed by atoms with Crippen molar-refractivity contribution in [3.63, 3.8) is 0 Å². The smallest absolute Gasteiger partial charge is 0.226 e. The van der Waals surface area contributed by atoms with Crippen LogP contribution in [0, 0.1) is 13.8 Å². The van der Waals surface area contributed by atoms with E-state index in [1.54, 1.807) is 29.7 Å². The molecule has 2 heterocycles. The van der Waals surface area contributed by atoms with E-state index >= 15 is 0 Å². The maximum atomic E-state index is 11.8. The molecule has 2 aromatic rings. The van der Waals surface area contributed by atoms with Gasteiger partial charge >= 0.3 is 0 Å². The number of hydrogen-bond acceptors (Lipinski definition) is 5. The zero-order chi connectivity index (χ0) is 13.8. The molecule has 0 spiro atoms. The minimum atomic E-state index is -0.0530. The summed E-state index contributed by atoms with van der Waals surface area (Å²) in [5, 5.41) is 3.89. The van der Waals surface area contributed by atoms with E-state index in [-0.39, 0.29) is 12.3 Å². The molecule has 0 aromatic carbocycles. The van der Waals surface area contributed by atoms with Crippen LogP contribution in [0.3, 0.4) is 0 Å². The summed E-state index contributed by atoms with van der Waals surface area (Å²) in [4.78, 5) is 21.3. The summed E-state index contributed by atoms with van der Waals surface area (Å²) in [7, 11) is 0. The third-order valence-corrected chi connectivity index (χ3v) is 3.71. The number of thiazole rings is 1. The number of rotatable bonds is 4. The third kappa shape index (κ3) is 3.75. The summed E-state index contributed by atoms with van der Waals surface area (Å²) in [5.41, 5.74) is 7.83. The van der Waals surface area contributed by atoms with Gasteiger partial charge < -0.3 is 11.1 Å². The van der Waals surface area contributed by atoms with Crippen LogP contribution >= 0.6 is 11.3 Å². The van der Waals surface area contributed by atoms with Gasteiger partial charge in [-0.1, -0.05) is 0 Å². The Morgan fingerprint density at radius 1 is 1.42 bits per heavy atom. The highest BCUT2D eigenvalue weighted by Gasteiger charge is 2.08. The minimum absolute atomic E-state index is 0.0530. The van der Waals surface area contributed by atoms with Crippen molar-refractivity contribution in [3.8, 4) is 0 Å². The van der Waals surface area contributed by atoms with Crippen molar-refractivity contribution in [1.29, 1.82) is 0 Å². The highest BCUT2D eigenvalue weighted by molar-refractivity contribution is 7.11. The molecule has 3 N–H and O–H groups in total. The highest BCUT2D eigenvalue weighted by atomic mass is 32.1. The Balaban J connectivity index is 1.88. The Labute approximate surface area is 115 Å². The Morgan fingerprint density at radius 3 is 2.79 bits per heavy atom. The van der Waals surface area contributed by atoms with Gasteiger partial charge in [0, 0.05) is 10.6 Å². The predicted molar refractivity (Wildman–Crippen MR) is 75.8 cm³/mol. The fourth-order valence-electron chi connectivity index (χ4n) is 1.68. The summed E-state index contributed by atoms with van der Waals surface area (Å²) in [5.74, 6) is -0.0530. The molecule has 0 radical (unpaired) electrons. The third-order valence-electron chi connectivity index (χ3n) is 2.64. The molecule has 2 rings (SSSR count). The number of nitrogens with two attached hydrogens (primary N) is 1. The number of carbonyl (C=O) groups excluding carboxylic acids is 1. The van der Waals surface area contributed by atoms with Crippen LogP contribution in [0.2, 0.25) is 0 Å². The molecule has 0 aliphatic heterocycles. The number of pyridine rings is 1. The van der Waals surface area contributed by atoms with Crippen LogP contribution in [0.4, 0.5) is 5.69 Å². The molecule has 0 saturated heterocycles. The first-order valence-corrected chi connectivity index (χ1v) is 6.76. The number of nitrogens with one attached hydrogen (secondary N) is 1.